The van der Waals surface area contributed by atoms with E-state index in [0.29, 0.717) is 44.1 Å². The first-order valence-corrected chi connectivity index (χ1v) is 15.2. The number of carbonyl (C=O) groups is 2. The van der Waals surface area contributed by atoms with E-state index in [1.165, 1.54) is 0 Å². The largest absolute Gasteiger partial charge is 0.466 e. The molecule has 1 amide bonds. The van der Waals surface area contributed by atoms with Gasteiger partial charge in [0.15, 0.2) is 5.49 Å². The second-order valence-electron chi connectivity index (χ2n) is 12.1. The third kappa shape index (κ3) is 6.87. The van der Waals surface area contributed by atoms with Gasteiger partial charge in [-0.2, -0.15) is 0 Å². The van der Waals surface area contributed by atoms with Gasteiger partial charge in [0.2, 0.25) is 0 Å². The second kappa shape index (κ2) is 12.5. The predicted molar refractivity (Wildman–Crippen MR) is 172 cm³/mol. The van der Waals surface area contributed by atoms with E-state index in [9.17, 15) is 9.59 Å². The van der Waals surface area contributed by atoms with Gasteiger partial charge in [-0.1, -0.05) is 24.3 Å². The van der Waals surface area contributed by atoms with Crippen LogP contribution in [0.5, 0.6) is 0 Å². The summed E-state index contributed by atoms with van der Waals surface area (Å²) in [5, 5.41) is 4.32. The van der Waals surface area contributed by atoms with Crippen LogP contribution in [0, 0.1) is 0 Å². The van der Waals surface area contributed by atoms with Crippen molar-refractivity contribution in [1.29, 1.82) is 0 Å². The van der Waals surface area contributed by atoms with Crippen LogP contribution in [0.3, 0.4) is 0 Å². The van der Waals surface area contributed by atoms with E-state index < -0.39 is 5.60 Å². The number of amides is 1. The van der Waals surface area contributed by atoms with Gasteiger partial charge < -0.3 is 24.6 Å². The highest BCUT2D eigenvalue weighted by Crippen LogP contribution is 2.33. The molecule has 6 rings (SSSR count). The number of aliphatic imine (C=N–C) groups is 1. The number of piperazine rings is 1. The number of benzene rings is 1. The number of anilines is 3. The number of hydrogen-bond acceptors (Lipinski definition) is 10. The number of aromatic nitrogens is 2. The van der Waals surface area contributed by atoms with Gasteiger partial charge in [-0.3, -0.25) is 9.79 Å². The topological polar surface area (TPSA) is 122 Å². The molecule has 1 saturated heterocycles. The molecule has 0 radical (unpaired) electrons. The van der Waals surface area contributed by atoms with Crippen LogP contribution in [-0.2, 0) is 20.7 Å². The Morgan fingerprint density at radius 3 is 2.47 bits per heavy atom. The minimum atomic E-state index is -0.506. The molecule has 3 aliphatic rings. The zero-order valence-corrected chi connectivity index (χ0v) is 26.0. The minimum Gasteiger partial charge on any atom is -0.466 e. The molecule has 3 aliphatic heterocycles. The van der Waals surface area contributed by atoms with Crippen LogP contribution in [0.15, 0.2) is 76.7 Å². The van der Waals surface area contributed by atoms with Crippen molar-refractivity contribution in [3.05, 3.63) is 88.6 Å². The first kappa shape index (κ1) is 30.0. The Bertz CT molecular complexity index is 1770. The van der Waals surface area contributed by atoms with Crippen molar-refractivity contribution < 1.29 is 19.1 Å². The number of nitrogens with one attached hydrogen (secondary N) is 1. The summed E-state index contributed by atoms with van der Waals surface area (Å²) in [6.45, 7) is 10.4. The van der Waals surface area contributed by atoms with Gasteiger partial charge in [-0.05, 0) is 57.0 Å². The van der Waals surface area contributed by atoms with E-state index in [0.717, 1.165) is 39.0 Å². The Morgan fingerprint density at radius 2 is 1.78 bits per heavy atom. The van der Waals surface area contributed by atoms with Crippen molar-refractivity contribution in [1.82, 2.24) is 14.9 Å². The highest BCUT2D eigenvalue weighted by Gasteiger charge is 2.27. The van der Waals surface area contributed by atoms with Gasteiger partial charge in [0, 0.05) is 49.1 Å². The monoisotopic (exact) mass is 607 g/mol. The Balaban J connectivity index is 1.15. The summed E-state index contributed by atoms with van der Waals surface area (Å²) in [6.07, 6.45) is 7.25. The molecule has 1 aromatic carbocycles. The Hall–Kier alpha value is -5.06. The maximum atomic E-state index is 12.4. The second-order valence-corrected chi connectivity index (χ2v) is 12.1. The van der Waals surface area contributed by atoms with Crippen molar-refractivity contribution in [3.8, 4) is 0 Å². The number of ether oxygens (including phenoxy) is 2. The Labute approximate surface area is 262 Å². The molecule has 1 fully saturated rings. The van der Waals surface area contributed by atoms with Gasteiger partial charge in [-0.25, -0.2) is 19.8 Å². The SMILES string of the molecule is CCOC(=O)Cc1ccc(C2C=NC=C3N=c4ncc(Nc5ccc(N6CCN(C(=O)OC(C)(C)C)CC6)cn5)cc4=C32)cc1. The Kier molecular flexibility index (Phi) is 8.34. The third-order valence-electron chi connectivity index (χ3n) is 7.71. The average molecular weight is 608 g/mol. The predicted octanol–water partition coefficient (Wildman–Crippen LogP) is 3.88. The molecule has 0 bridgehead atoms. The molecule has 11 nitrogen and oxygen atoms in total. The molecular weight excluding hydrogens is 570 g/mol. The smallest absolute Gasteiger partial charge is 0.410 e. The number of rotatable bonds is 7. The highest BCUT2D eigenvalue weighted by atomic mass is 16.6. The molecule has 232 valence electrons. The Morgan fingerprint density at radius 1 is 1.00 bits per heavy atom. The fourth-order valence-corrected chi connectivity index (χ4v) is 5.57. The van der Waals surface area contributed by atoms with Crippen LogP contribution in [0.25, 0.3) is 5.57 Å². The van der Waals surface area contributed by atoms with Crippen molar-refractivity contribution in [2.75, 3.05) is 43.0 Å². The zero-order valence-electron chi connectivity index (χ0n) is 26.0. The van der Waals surface area contributed by atoms with Crippen molar-refractivity contribution in [3.63, 3.8) is 0 Å². The normalized spacial score (nSPS) is 17.2. The van der Waals surface area contributed by atoms with Crippen LogP contribution in [0.1, 0.15) is 44.7 Å². The number of allylic oxidation sites excluding steroid dienone is 1. The summed E-state index contributed by atoms with van der Waals surface area (Å²) in [6, 6.07) is 14.0. The minimum absolute atomic E-state index is 0.100. The molecule has 11 heteroatoms. The molecule has 3 aromatic rings. The number of fused-ring (bicyclic) bond motifs is 2. The number of hydrogen-bond donors (Lipinski definition) is 1. The first-order valence-electron chi connectivity index (χ1n) is 15.2. The molecule has 0 aliphatic carbocycles. The van der Waals surface area contributed by atoms with E-state index in [1.54, 1.807) is 24.2 Å². The van der Waals surface area contributed by atoms with Crippen LogP contribution in [0.2, 0.25) is 0 Å². The summed E-state index contributed by atoms with van der Waals surface area (Å²) < 4.78 is 10.6. The molecule has 1 atom stereocenters. The lowest BCUT2D eigenvalue weighted by molar-refractivity contribution is -0.142. The average Bonchev–Trinajstić information content (AvgIpc) is 3.39. The maximum Gasteiger partial charge on any atom is 0.410 e. The number of pyridine rings is 2. The number of esters is 1. The third-order valence-corrected chi connectivity index (χ3v) is 7.71. The van der Waals surface area contributed by atoms with Crippen LogP contribution in [-0.4, -0.2) is 71.5 Å². The summed E-state index contributed by atoms with van der Waals surface area (Å²) in [5.74, 6) is 0.361. The molecule has 2 aromatic heterocycles. The molecule has 45 heavy (non-hydrogen) atoms. The van der Waals surface area contributed by atoms with Crippen molar-refractivity contribution in [2.45, 2.75) is 45.6 Å². The van der Waals surface area contributed by atoms with Gasteiger partial charge in [0.05, 0.1) is 48.7 Å². The van der Waals surface area contributed by atoms with Gasteiger partial charge in [0.1, 0.15) is 11.4 Å². The lowest BCUT2D eigenvalue weighted by Crippen LogP contribution is -2.50. The quantitative estimate of drug-likeness (QED) is 0.402. The van der Waals surface area contributed by atoms with Crippen molar-refractivity contribution >= 4 is 41.0 Å². The standard InChI is InChI=1S/C34H37N7O4/c1-5-44-30(42)16-22-6-8-23(9-7-22)27-20-35-21-28-31(27)26-17-24(18-37-32(26)39-28)38-29-11-10-25(19-36-29)40-12-14-41(15-13-40)33(43)45-34(2,3)4/h6-11,17-21,27H,5,12-16H2,1-4H3,(H,36,38). The molecule has 1 unspecified atom stereocenters. The summed E-state index contributed by atoms with van der Waals surface area (Å²) >= 11 is 0. The van der Waals surface area contributed by atoms with E-state index in [4.69, 9.17) is 14.5 Å². The fraction of sp³-hybridized carbons (Fsp3) is 0.353. The van der Waals surface area contributed by atoms with E-state index in [2.05, 4.69) is 31.2 Å². The molecule has 0 saturated carbocycles. The maximum absolute atomic E-state index is 12.4. The highest BCUT2D eigenvalue weighted by molar-refractivity contribution is 5.91. The van der Waals surface area contributed by atoms with Crippen LogP contribution >= 0.6 is 0 Å². The molecule has 0 spiro atoms. The zero-order chi connectivity index (χ0) is 31.6. The van der Waals surface area contributed by atoms with Gasteiger partial charge >= 0.3 is 12.1 Å². The van der Waals surface area contributed by atoms with Gasteiger partial charge in [0.25, 0.3) is 0 Å². The van der Waals surface area contributed by atoms with E-state index in [-0.39, 0.29) is 24.4 Å². The van der Waals surface area contributed by atoms with Crippen LogP contribution < -0.4 is 20.9 Å². The van der Waals surface area contributed by atoms with E-state index in [1.807, 2.05) is 69.6 Å². The lowest BCUT2D eigenvalue weighted by Gasteiger charge is -2.36. The summed E-state index contributed by atoms with van der Waals surface area (Å²) in [4.78, 5) is 46.7. The van der Waals surface area contributed by atoms with Crippen molar-refractivity contribution in [2.24, 2.45) is 9.98 Å². The van der Waals surface area contributed by atoms with Crippen LogP contribution in [0.4, 0.5) is 22.0 Å². The summed E-state index contributed by atoms with van der Waals surface area (Å²) in [5.41, 5.74) is 5.75. The molecule has 5 heterocycles. The number of nitrogens with zero attached hydrogens (tertiary/aromatic N) is 6. The molecular formula is C34H37N7O4. The number of carbonyl (C=O) groups excluding carboxylic acids is 2. The summed E-state index contributed by atoms with van der Waals surface area (Å²) in [7, 11) is 0. The van der Waals surface area contributed by atoms with E-state index >= 15 is 0 Å². The lowest BCUT2D eigenvalue weighted by atomic mass is 9.88. The van der Waals surface area contributed by atoms with Gasteiger partial charge in [-0.15, -0.1) is 0 Å². The molecule has 1 N–H and O–H groups in total. The first-order chi connectivity index (χ1) is 21.7. The fourth-order valence-electron chi connectivity index (χ4n) is 5.57.